The number of aromatic nitrogens is 3. The number of anilines is 2. The number of hydrogen-bond acceptors (Lipinski definition) is 6. The number of thioether (sulfide) groups is 1. The van der Waals surface area contributed by atoms with Gasteiger partial charge in [-0.25, -0.2) is 0 Å². The van der Waals surface area contributed by atoms with Gasteiger partial charge in [0, 0.05) is 30.1 Å². The van der Waals surface area contributed by atoms with E-state index in [1.807, 2.05) is 18.7 Å². The molecule has 2 rings (SSSR count). The minimum Gasteiger partial charge on any atom is -0.354 e. The summed E-state index contributed by atoms with van der Waals surface area (Å²) in [4.78, 5) is 14.9. The molecule has 0 bridgehead atoms. The van der Waals surface area contributed by atoms with E-state index < -0.39 is 0 Å². The first-order valence-electron chi connectivity index (χ1n) is 6.04. The quantitative estimate of drug-likeness (QED) is 0.920. The van der Waals surface area contributed by atoms with E-state index in [9.17, 15) is 0 Å². The largest absolute Gasteiger partial charge is 0.354 e. The molecule has 2 heterocycles. The molecule has 1 aromatic rings. The second kappa shape index (κ2) is 5.48. The van der Waals surface area contributed by atoms with Crippen LogP contribution in [0.3, 0.4) is 0 Å². The summed E-state index contributed by atoms with van der Waals surface area (Å²) in [7, 11) is 0. The summed E-state index contributed by atoms with van der Waals surface area (Å²) in [6, 6.07) is 0. The van der Waals surface area contributed by atoms with Crippen LogP contribution in [0.1, 0.15) is 20.8 Å². The van der Waals surface area contributed by atoms with E-state index in [4.69, 9.17) is 11.6 Å². The van der Waals surface area contributed by atoms with Crippen molar-refractivity contribution in [3.05, 3.63) is 5.28 Å². The Morgan fingerprint density at radius 3 is 2.83 bits per heavy atom. The van der Waals surface area contributed by atoms with Gasteiger partial charge in [0.05, 0.1) is 0 Å². The molecule has 0 saturated carbocycles. The van der Waals surface area contributed by atoms with Crippen LogP contribution in [0.4, 0.5) is 11.9 Å². The maximum absolute atomic E-state index is 5.94. The molecule has 1 aliphatic heterocycles. The molecule has 100 valence electrons. The van der Waals surface area contributed by atoms with E-state index in [0.717, 1.165) is 25.4 Å². The van der Waals surface area contributed by atoms with Gasteiger partial charge in [-0.05, 0) is 32.4 Å². The Hall–Kier alpha value is -0.750. The van der Waals surface area contributed by atoms with Crippen LogP contribution in [-0.2, 0) is 0 Å². The van der Waals surface area contributed by atoms with Crippen LogP contribution >= 0.6 is 23.4 Å². The maximum Gasteiger partial charge on any atom is 0.231 e. The first-order valence-corrected chi connectivity index (χ1v) is 7.41. The Kier molecular flexibility index (Phi) is 4.17. The third-order valence-electron chi connectivity index (χ3n) is 2.64. The van der Waals surface area contributed by atoms with Crippen LogP contribution in [0.2, 0.25) is 5.28 Å². The lowest BCUT2D eigenvalue weighted by Gasteiger charge is -2.37. The van der Waals surface area contributed by atoms with Crippen LogP contribution < -0.4 is 10.2 Å². The van der Waals surface area contributed by atoms with Gasteiger partial charge in [-0.15, -0.1) is 0 Å². The molecule has 0 aliphatic carbocycles. The predicted molar refractivity (Wildman–Crippen MR) is 77.8 cm³/mol. The molecule has 1 N–H and O–H groups in total. The fraction of sp³-hybridized carbons (Fsp3) is 0.727. The molecule has 1 aliphatic rings. The van der Waals surface area contributed by atoms with Crippen molar-refractivity contribution >= 4 is 35.3 Å². The fourth-order valence-electron chi connectivity index (χ4n) is 1.91. The molecule has 1 aromatic heterocycles. The average molecular weight is 288 g/mol. The zero-order valence-corrected chi connectivity index (χ0v) is 12.5. The van der Waals surface area contributed by atoms with Gasteiger partial charge < -0.3 is 10.2 Å². The first kappa shape index (κ1) is 13.7. The van der Waals surface area contributed by atoms with E-state index in [2.05, 4.69) is 39.0 Å². The van der Waals surface area contributed by atoms with Crippen LogP contribution in [0, 0.1) is 0 Å². The molecule has 0 aromatic carbocycles. The van der Waals surface area contributed by atoms with Crippen molar-refractivity contribution in [2.45, 2.75) is 25.5 Å². The summed E-state index contributed by atoms with van der Waals surface area (Å²) < 4.78 is 0.218. The van der Waals surface area contributed by atoms with Crippen LogP contribution in [-0.4, -0.2) is 45.1 Å². The fourth-order valence-corrected chi connectivity index (χ4v) is 3.17. The average Bonchev–Trinajstić information content (AvgIpc) is 2.27. The molecule has 1 saturated heterocycles. The van der Waals surface area contributed by atoms with Gasteiger partial charge in [-0.2, -0.15) is 26.7 Å². The van der Waals surface area contributed by atoms with E-state index in [1.54, 1.807) is 0 Å². The van der Waals surface area contributed by atoms with Gasteiger partial charge in [0.1, 0.15) is 0 Å². The number of nitrogens with one attached hydrogen (secondary N) is 1. The molecule has 0 spiro atoms. The Morgan fingerprint density at radius 1 is 1.39 bits per heavy atom. The van der Waals surface area contributed by atoms with Gasteiger partial charge in [0.2, 0.25) is 17.2 Å². The summed E-state index contributed by atoms with van der Waals surface area (Å²) in [5.41, 5.74) is 0. The number of nitrogens with zero attached hydrogens (tertiary/aromatic N) is 4. The second-order valence-electron chi connectivity index (χ2n) is 4.79. The highest BCUT2D eigenvalue weighted by atomic mass is 35.5. The smallest absolute Gasteiger partial charge is 0.231 e. The van der Waals surface area contributed by atoms with Gasteiger partial charge in [-0.1, -0.05) is 0 Å². The van der Waals surface area contributed by atoms with Crippen molar-refractivity contribution in [1.29, 1.82) is 0 Å². The third kappa shape index (κ3) is 3.38. The molecule has 18 heavy (non-hydrogen) atoms. The Morgan fingerprint density at radius 2 is 2.17 bits per heavy atom. The highest BCUT2D eigenvalue weighted by Gasteiger charge is 2.28. The highest BCUT2D eigenvalue weighted by molar-refractivity contribution is 8.00. The minimum absolute atomic E-state index is 0.218. The lowest BCUT2D eigenvalue weighted by atomic mass is 10.2. The zero-order chi connectivity index (χ0) is 13.2. The molecule has 1 fully saturated rings. The summed E-state index contributed by atoms with van der Waals surface area (Å²) in [6.07, 6.45) is 0. The highest BCUT2D eigenvalue weighted by Crippen LogP contribution is 2.31. The standard InChI is InChI=1S/C11H18ClN5S/c1-4-13-9-14-8(12)15-10(16-9)17-5-6-18-11(2,3)7-17/h4-7H2,1-3H3,(H,13,14,15,16). The van der Waals surface area contributed by atoms with Gasteiger partial charge in [0.15, 0.2) is 0 Å². The van der Waals surface area contributed by atoms with Crippen molar-refractivity contribution in [2.75, 3.05) is 35.6 Å². The topological polar surface area (TPSA) is 53.9 Å². The zero-order valence-electron chi connectivity index (χ0n) is 10.9. The molecule has 0 radical (unpaired) electrons. The first-order chi connectivity index (χ1) is 8.50. The van der Waals surface area contributed by atoms with Crippen molar-refractivity contribution < 1.29 is 0 Å². The number of halogens is 1. The predicted octanol–water partition coefficient (Wildman–Crippen LogP) is 2.29. The second-order valence-corrected chi connectivity index (χ2v) is 6.93. The summed E-state index contributed by atoms with van der Waals surface area (Å²) in [5.74, 6) is 2.29. The SMILES string of the molecule is CCNc1nc(Cl)nc(N2CCSC(C)(C)C2)n1. The molecule has 0 atom stereocenters. The Bertz CT molecular complexity index is 426. The summed E-state index contributed by atoms with van der Waals surface area (Å²) in [6.45, 7) is 9.10. The van der Waals surface area contributed by atoms with Gasteiger partial charge >= 0.3 is 0 Å². The van der Waals surface area contributed by atoms with Crippen LogP contribution in [0.25, 0.3) is 0 Å². The third-order valence-corrected chi connectivity index (χ3v) is 4.11. The summed E-state index contributed by atoms with van der Waals surface area (Å²) in [5, 5.41) is 3.31. The van der Waals surface area contributed by atoms with Crippen molar-refractivity contribution in [2.24, 2.45) is 0 Å². The van der Waals surface area contributed by atoms with Crippen molar-refractivity contribution in [3.8, 4) is 0 Å². The molecular formula is C11H18ClN5S. The molecule has 5 nitrogen and oxygen atoms in total. The maximum atomic E-state index is 5.94. The van der Waals surface area contributed by atoms with E-state index in [-0.39, 0.29) is 10.0 Å². The van der Waals surface area contributed by atoms with Crippen LogP contribution in [0.5, 0.6) is 0 Å². The van der Waals surface area contributed by atoms with E-state index in [1.165, 1.54) is 0 Å². The molecular weight excluding hydrogens is 270 g/mol. The minimum atomic E-state index is 0.218. The van der Waals surface area contributed by atoms with Crippen LogP contribution in [0.15, 0.2) is 0 Å². The molecule has 0 amide bonds. The van der Waals surface area contributed by atoms with Gasteiger partial charge in [0.25, 0.3) is 0 Å². The van der Waals surface area contributed by atoms with Crippen molar-refractivity contribution in [1.82, 2.24) is 15.0 Å². The summed E-state index contributed by atoms with van der Waals surface area (Å²) >= 11 is 7.92. The lowest BCUT2D eigenvalue weighted by molar-refractivity contribution is 0.634. The number of rotatable bonds is 3. The van der Waals surface area contributed by atoms with E-state index >= 15 is 0 Å². The Labute approximate surface area is 117 Å². The number of hydrogen-bond donors (Lipinski definition) is 1. The lowest BCUT2D eigenvalue weighted by Crippen LogP contribution is -2.44. The Balaban J connectivity index is 2.21. The molecule has 7 heteroatoms. The monoisotopic (exact) mass is 287 g/mol. The van der Waals surface area contributed by atoms with E-state index in [0.29, 0.717) is 11.9 Å². The van der Waals surface area contributed by atoms with Gasteiger partial charge in [-0.3, -0.25) is 0 Å². The molecule has 0 unspecified atom stereocenters. The normalized spacial score (nSPS) is 18.8. The van der Waals surface area contributed by atoms with Crippen molar-refractivity contribution in [3.63, 3.8) is 0 Å².